The normalized spacial score (nSPS) is 9.45. The third kappa shape index (κ3) is 6.33. The van der Waals surface area contributed by atoms with Crippen LogP contribution in [0, 0.1) is 35.1 Å². The molecule has 0 saturated heterocycles. The summed E-state index contributed by atoms with van der Waals surface area (Å²) in [5, 5.41) is 0. The lowest BCUT2D eigenvalue weighted by molar-refractivity contribution is 1.28. The second kappa shape index (κ2) is 7.64. The Bertz CT molecular complexity index is 600. The zero-order valence-corrected chi connectivity index (χ0v) is 14.1. The molecule has 0 aliphatic heterocycles. The maximum Gasteiger partial charge on any atom is 0.129 e. The van der Waals surface area contributed by atoms with E-state index >= 15 is 0 Å². The largest absolute Gasteiger partial charge is 0.129 e. The van der Waals surface area contributed by atoms with Gasteiger partial charge in [-0.1, -0.05) is 63.1 Å². The molecular formula is C19H22Si. The van der Waals surface area contributed by atoms with E-state index in [2.05, 4.69) is 80.8 Å². The van der Waals surface area contributed by atoms with Gasteiger partial charge in [0.25, 0.3) is 0 Å². The van der Waals surface area contributed by atoms with Crippen molar-refractivity contribution in [1.29, 1.82) is 0 Å². The third-order valence-corrected chi connectivity index (χ3v) is 3.21. The van der Waals surface area contributed by atoms with Crippen LogP contribution in [0.1, 0.15) is 43.4 Å². The molecular weight excluding hydrogens is 256 g/mol. The molecule has 20 heavy (non-hydrogen) atoms. The van der Waals surface area contributed by atoms with Gasteiger partial charge >= 0.3 is 0 Å². The molecule has 102 valence electrons. The van der Waals surface area contributed by atoms with Crippen LogP contribution in [-0.2, 0) is 0 Å². The van der Waals surface area contributed by atoms with Gasteiger partial charge in [-0.3, -0.25) is 0 Å². The standard InChI is InChI=1S/C19H22Si/c1-6-8-10-17-14-18(11-9-7-2)16-19(15-17)12-13-20(3,4)5/h14-16H,6-7H2,1-5H3. The lowest BCUT2D eigenvalue weighted by Gasteiger charge is -2.04. The van der Waals surface area contributed by atoms with Gasteiger partial charge in [0.1, 0.15) is 8.07 Å². The summed E-state index contributed by atoms with van der Waals surface area (Å²) in [5.74, 6) is 15.9. The minimum Gasteiger partial charge on any atom is -0.127 e. The maximum absolute atomic E-state index is 3.40. The van der Waals surface area contributed by atoms with Crippen LogP contribution >= 0.6 is 0 Å². The van der Waals surface area contributed by atoms with E-state index in [4.69, 9.17) is 0 Å². The van der Waals surface area contributed by atoms with Crippen LogP contribution in [0.4, 0.5) is 0 Å². The summed E-state index contributed by atoms with van der Waals surface area (Å²) in [4.78, 5) is 0. The third-order valence-electron chi connectivity index (χ3n) is 2.33. The minimum absolute atomic E-state index is 0.862. The van der Waals surface area contributed by atoms with Crippen molar-refractivity contribution in [3.05, 3.63) is 34.9 Å². The SMILES string of the molecule is CCC#Cc1cc(C#CCC)cc(C#C[Si](C)(C)C)c1. The molecule has 0 aliphatic carbocycles. The molecule has 0 fully saturated rings. The zero-order valence-electron chi connectivity index (χ0n) is 13.1. The van der Waals surface area contributed by atoms with Crippen molar-refractivity contribution < 1.29 is 0 Å². The molecule has 0 saturated carbocycles. The Morgan fingerprint density at radius 3 is 1.50 bits per heavy atom. The Morgan fingerprint density at radius 2 is 1.15 bits per heavy atom. The molecule has 0 unspecified atom stereocenters. The fraction of sp³-hybridized carbons (Fsp3) is 0.368. The average molecular weight is 278 g/mol. The van der Waals surface area contributed by atoms with E-state index in [1.165, 1.54) is 0 Å². The summed E-state index contributed by atoms with van der Waals surface area (Å²) >= 11 is 0. The topological polar surface area (TPSA) is 0 Å². The molecule has 1 rings (SSSR count). The first kappa shape index (κ1) is 16.2. The van der Waals surface area contributed by atoms with Gasteiger partial charge in [-0.25, -0.2) is 0 Å². The van der Waals surface area contributed by atoms with Gasteiger partial charge in [0.05, 0.1) is 0 Å². The highest BCUT2D eigenvalue weighted by atomic mass is 28.3. The van der Waals surface area contributed by atoms with Crippen LogP contribution in [0.2, 0.25) is 19.6 Å². The molecule has 0 bridgehead atoms. The summed E-state index contributed by atoms with van der Waals surface area (Å²) in [7, 11) is -1.36. The van der Waals surface area contributed by atoms with Crippen molar-refractivity contribution in [2.45, 2.75) is 46.3 Å². The highest BCUT2D eigenvalue weighted by Crippen LogP contribution is 2.09. The molecule has 0 amide bonds. The monoisotopic (exact) mass is 278 g/mol. The van der Waals surface area contributed by atoms with Gasteiger partial charge in [-0.2, -0.15) is 0 Å². The highest BCUT2D eigenvalue weighted by Gasteiger charge is 2.07. The van der Waals surface area contributed by atoms with Crippen LogP contribution in [0.3, 0.4) is 0 Å². The van der Waals surface area contributed by atoms with E-state index in [1.807, 2.05) is 6.07 Å². The highest BCUT2D eigenvalue weighted by molar-refractivity contribution is 6.83. The molecule has 0 nitrogen and oxygen atoms in total. The van der Waals surface area contributed by atoms with Gasteiger partial charge in [-0.05, 0) is 18.2 Å². The van der Waals surface area contributed by atoms with Crippen LogP contribution in [0.5, 0.6) is 0 Å². The molecule has 1 aromatic rings. The Hall–Kier alpha value is -1.88. The zero-order chi connectivity index (χ0) is 15.0. The first-order valence-corrected chi connectivity index (χ1v) is 10.6. The maximum atomic E-state index is 3.40. The molecule has 0 heterocycles. The molecule has 0 aliphatic rings. The Labute approximate surface area is 125 Å². The van der Waals surface area contributed by atoms with Crippen molar-refractivity contribution in [2.75, 3.05) is 0 Å². The lowest BCUT2D eigenvalue weighted by atomic mass is 10.1. The van der Waals surface area contributed by atoms with E-state index in [0.717, 1.165) is 29.5 Å². The van der Waals surface area contributed by atoms with Crippen molar-refractivity contribution in [3.8, 4) is 35.1 Å². The van der Waals surface area contributed by atoms with E-state index < -0.39 is 8.07 Å². The lowest BCUT2D eigenvalue weighted by Crippen LogP contribution is -2.16. The predicted molar refractivity (Wildman–Crippen MR) is 91.0 cm³/mol. The minimum atomic E-state index is -1.36. The average Bonchev–Trinajstić information content (AvgIpc) is 2.40. The molecule has 1 aromatic carbocycles. The van der Waals surface area contributed by atoms with Crippen molar-refractivity contribution in [1.82, 2.24) is 0 Å². The Morgan fingerprint density at radius 1 is 0.750 bits per heavy atom. The Balaban J connectivity index is 3.25. The predicted octanol–water partition coefficient (Wildman–Crippen LogP) is 4.44. The van der Waals surface area contributed by atoms with Gasteiger partial charge in [0, 0.05) is 29.5 Å². The van der Waals surface area contributed by atoms with Crippen molar-refractivity contribution in [3.63, 3.8) is 0 Å². The summed E-state index contributed by atoms with van der Waals surface area (Å²) in [5.41, 5.74) is 6.44. The molecule has 0 N–H and O–H groups in total. The van der Waals surface area contributed by atoms with Gasteiger partial charge < -0.3 is 0 Å². The van der Waals surface area contributed by atoms with Crippen LogP contribution in [0.25, 0.3) is 0 Å². The van der Waals surface area contributed by atoms with E-state index in [1.54, 1.807) is 0 Å². The van der Waals surface area contributed by atoms with Crippen LogP contribution in [0.15, 0.2) is 18.2 Å². The van der Waals surface area contributed by atoms with Crippen molar-refractivity contribution >= 4 is 8.07 Å². The number of benzene rings is 1. The van der Waals surface area contributed by atoms with E-state index in [-0.39, 0.29) is 0 Å². The van der Waals surface area contributed by atoms with Crippen LogP contribution < -0.4 is 0 Å². The number of hydrogen-bond donors (Lipinski definition) is 0. The molecule has 0 atom stereocenters. The van der Waals surface area contributed by atoms with Crippen LogP contribution in [-0.4, -0.2) is 8.07 Å². The second-order valence-electron chi connectivity index (χ2n) is 5.61. The Kier molecular flexibility index (Phi) is 6.18. The van der Waals surface area contributed by atoms with Gasteiger partial charge in [0.15, 0.2) is 0 Å². The number of rotatable bonds is 0. The van der Waals surface area contributed by atoms with E-state index in [9.17, 15) is 0 Å². The van der Waals surface area contributed by atoms with E-state index in [0.29, 0.717) is 0 Å². The first-order valence-electron chi connectivity index (χ1n) is 7.10. The quantitative estimate of drug-likeness (QED) is 0.486. The smallest absolute Gasteiger partial charge is 0.127 e. The number of hydrogen-bond acceptors (Lipinski definition) is 0. The van der Waals surface area contributed by atoms with Crippen molar-refractivity contribution in [2.24, 2.45) is 0 Å². The summed E-state index contributed by atoms with van der Waals surface area (Å²) in [6.45, 7) is 10.9. The summed E-state index contributed by atoms with van der Waals surface area (Å²) < 4.78 is 0. The summed E-state index contributed by atoms with van der Waals surface area (Å²) in [6, 6.07) is 6.17. The van der Waals surface area contributed by atoms with Gasteiger partial charge in [0.2, 0.25) is 0 Å². The fourth-order valence-corrected chi connectivity index (χ4v) is 2.00. The van der Waals surface area contributed by atoms with Gasteiger partial charge in [-0.15, -0.1) is 5.54 Å². The molecule has 0 aromatic heterocycles. The molecule has 0 radical (unpaired) electrons. The first-order chi connectivity index (χ1) is 9.44. The molecule has 0 spiro atoms. The fourth-order valence-electron chi connectivity index (χ4n) is 1.48. The summed E-state index contributed by atoms with van der Waals surface area (Å²) in [6.07, 6.45) is 1.72. The second-order valence-corrected chi connectivity index (χ2v) is 10.4. The molecule has 1 heteroatoms.